The third-order valence-corrected chi connectivity index (χ3v) is 2.16. The molecule has 78 valence electrons. The summed E-state index contributed by atoms with van der Waals surface area (Å²) in [5, 5.41) is 4.99. The molecule has 2 amide bonds. The highest BCUT2D eigenvalue weighted by Crippen LogP contribution is 2.18. The van der Waals surface area contributed by atoms with Crippen LogP contribution in [0.5, 0.6) is 0 Å². The Morgan fingerprint density at radius 2 is 2.27 bits per heavy atom. The summed E-state index contributed by atoms with van der Waals surface area (Å²) in [5.74, 6) is 0.275. The van der Waals surface area contributed by atoms with Gasteiger partial charge >= 0.3 is 0 Å². The van der Waals surface area contributed by atoms with Crippen molar-refractivity contribution in [1.29, 1.82) is 0 Å². The van der Waals surface area contributed by atoms with Gasteiger partial charge in [0.1, 0.15) is 6.54 Å². The second-order valence-corrected chi connectivity index (χ2v) is 3.01. The van der Waals surface area contributed by atoms with Gasteiger partial charge in [-0.15, -0.1) is 0 Å². The van der Waals surface area contributed by atoms with Crippen LogP contribution in [0.25, 0.3) is 0 Å². The maximum atomic E-state index is 11.1. The van der Waals surface area contributed by atoms with E-state index in [0.717, 1.165) is 0 Å². The van der Waals surface area contributed by atoms with Crippen LogP contribution in [-0.2, 0) is 22.7 Å². The van der Waals surface area contributed by atoms with Crippen LogP contribution in [0.1, 0.15) is 16.3 Å². The lowest BCUT2D eigenvalue weighted by atomic mass is 10.3. The SMILES string of the molecule is O=CNc1nc(C=O)n2c1CNC(=O)C2. The first-order valence-electron chi connectivity index (χ1n) is 4.27. The minimum absolute atomic E-state index is 0.0525. The van der Waals surface area contributed by atoms with E-state index < -0.39 is 0 Å². The molecule has 0 fully saturated rings. The molecule has 7 nitrogen and oxygen atoms in total. The summed E-state index contributed by atoms with van der Waals surface area (Å²) in [6.45, 7) is 0.312. The molecule has 1 aromatic rings. The van der Waals surface area contributed by atoms with Gasteiger partial charge in [-0.3, -0.25) is 14.4 Å². The molecule has 1 aliphatic rings. The van der Waals surface area contributed by atoms with Gasteiger partial charge < -0.3 is 15.2 Å². The minimum atomic E-state index is -0.180. The Labute approximate surface area is 84.5 Å². The predicted octanol–water partition coefficient (Wildman–Crippen LogP) is -1.11. The number of carbonyl (C=O) groups excluding carboxylic acids is 3. The highest BCUT2D eigenvalue weighted by atomic mass is 16.2. The number of aldehydes is 1. The Bertz CT molecular complexity index is 437. The van der Waals surface area contributed by atoms with Crippen LogP contribution in [0.2, 0.25) is 0 Å². The smallest absolute Gasteiger partial charge is 0.240 e. The molecule has 1 aliphatic heterocycles. The zero-order chi connectivity index (χ0) is 10.8. The summed E-state index contributed by atoms with van der Waals surface area (Å²) in [5.41, 5.74) is 0.629. The summed E-state index contributed by atoms with van der Waals surface area (Å²) in [6.07, 6.45) is 1.03. The van der Waals surface area contributed by atoms with Crippen molar-refractivity contribution in [2.24, 2.45) is 0 Å². The first-order valence-corrected chi connectivity index (χ1v) is 4.27. The lowest BCUT2D eigenvalue weighted by Gasteiger charge is -2.16. The van der Waals surface area contributed by atoms with Crippen molar-refractivity contribution in [2.45, 2.75) is 13.1 Å². The van der Waals surface area contributed by atoms with E-state index in [1.165, 1.54) is 4.57 Å². The molecule has 2 heterocycles. The van der Waals surface area contributed by atoms with Gasteiger partial charge in [0.2, 0.25) is 12.3 Å². The fourth-order valence-corrected chi connectivity index (χ4v) is 1.50. The Morgan fingerprint density at radius 3 is 2.93 bits per heavy atom. The van der Waals surface area contributed by atoms with Crippen LogP contribution in [-0.4, -0.2) is 28.2 Å². The van der Waals surface area contributed by atoms with Crippen molar-refractivity contribution in [2.75, 3.05) is 5.32 Å². The zero-order valence-electron chi connectivity index (χ0n) is 7.69. The molecule has 2 rings (SSSR count). The average molecular weight is 208 g/mol. The average Bonchev–Trinajstić information content (AvgIpc) is 2.56. The van der Waals surface area contributed by atoms with Crippen LogP contribution in [0.3, 0.4) is 0 Å². The number of hydrogen-bond donors (Lipinski definition) is 2. The number of hydrogen-bond acceptors (Lipinski definition) is 4. The minimum Gasteiger partial charge on any atom is -0.349 e. The zero-order valence-corrected chi connectivity index (χ0v) is 7.69. The fraction of sp³-hybridized carbons (Fsp3) is 0.250. The molecule has 1 aromatic heterocycles. The molecule has 0 aromatic carbocycles. The number of nitrogens with one attached hydrogen (secondary N) is 2. The molecule has 7 heteroatoms. The molecule has 2 N–H and O–H groups in total. The Kier molecular flexibility index (Phi) is 2.20. The van der Waals surface area contributed by atoms with Crippen molar-refractivity contribution in [3.05, 3.63) is 11.5 Å². The second-order valence-electron chi connectivity index (χ2n) is 3.01. The molecule has 15 heavy (non-hydrogen) atoms. The summed E-state index contributed by atoms with van der Waals surface area (Å²) in [7, 11) is 0. The molecular weight excluding hydrogens is 200 g/mol. The van der Waals surface area contributed by atoms with Crippen LogP contribution in [0.4, 0.5) is 5.82 Å². The third-order valence-electron chi connectivity index (χ3n) is 2.16. The summed E-state index contributed by atoms with van der Waals surface area (Å²) >= 11 is 0. The first-order chi connectivity index (χ1) is 7.26. The van der Waals surface area contributed by atoms with E-state index in [-0.39, 0.29) is 24.8 Å². The molecule has 0 saturated carbocycles. The Morgan fingerprint density at radius 1 is 1.47 bits per heavy atom. The van der Waals surface area contributed by atoms with Crippen LogP contribution < -0.4 is 10.6 Å². The predicted molar refractivity (Wildman–Crippen MR) is 49.1 cm³/mol. The van der Waals surface area contributed by atoms with Crippen molar-refractivity contribution in [3.63, 3.8) is 0 Å². The van der Waals surface area contributed by atoms with Gasteiger partial charge in [0.15, 0.2) is 17.9 Å². The molecule has 0 radical (unpaired) electrons. The number of imidazole rings is 1. The van der Waals surface area contributed by atoms with Crippen LogP contribution in [0, 0.1) is 0 Å². The maximum Gasteiger partial charge on any atom is 0.240 e. The van der Waals surface area contributed by atoms with Gasteiger partial charge in [-0.25, -0.2) is 4.98 Å². The number of anilines is 1. The molecular formula is C8H8N4O3. The monoisotopic (exact) mass is 208 g/mol. The van der Waals surface area contributed by atoms with E-state index in [1.54, 1.807) is 0 Å². The van der Waals surface area contributed by atoms with E-state index in [4.69, 9.17) is 0 Å². The number of aromatic nitrogens is 2. The molecule has 0 unspecified atom stereocenters. The highest BCUT2D eigenvalue weighted by Gasteiger charge is 2.22. The normalized spacial score (nSPS) is 14.0. The van der Waals surface area contributed by atoms with Crippen LogP contribution >= 0.6 is 0 Å². The number of amides is 2. The largest absolute Gasteiger partial charge is 0.349 e. The number of rotatable bonds is 3. The number of carbonyl (C=O) groups is 3. The van der Waals surface area contributed by atoms with Gasteiger partial charge in [-0.2, -0.15) is 0 Å². The lowest BCUT2D eigenvalue weighted by Crippen LogP contribution is -2.34. The fourth-order valence-electron chi connectivity index (χ4n) is 1.50. The maximum absolute atomic E-state index is 11.1. The lowest BCUT2D eigenvalue weighted by molar-refractivity contribution is -0.122. The Hall–Kier alpha value is -2.18. The molecule has 0 atom stereocenters. The van der Waals surface area contributed by atoms with Crippen molar-refractivity contribution in [1.82, 2.24) is 14.9 Å². The molecule has 0 aliphatic carbocycles. The second kappa shape index (κ2) is 3.52. The topological polar surface area (TPSA) is 93.1 Å². The highest BCUT2D eigenvalue weighted by molar-refractivity contribution is 5.82. The van der Waals surface area contributed by atoms with Gasteiger partial charge in [-0.1, -0.05) is 0 Å². The Balaban J connectivity index is 2.48. The van der Waals surface area contributed by atoms with Crippen molar-refractivity contribution in [3.8, 4) is 0 Å². The van der Waals surface area contributed by atoms with Gasteiger partial charge in [0.25, 0.3) is 0 Å². The van der Waals surface area contributed by atoms with E-state index in [1.807, 2.05) is 0 Å². The standard InChI is InChI=1S/C8H8N4O3/c13-3-6-11-8(10-4-14)5-1-9-7(15)2-12(5)6/h3-4H,1-2H2,(H,9,15)(H,10,14). The molecule has 0 saturated heterocycles. The molecule has 0 spiro atoms. The third kappa shape index (κ3) is 1.47. The summed E-state index contributed by atoms with van der Waals surface area (Å²) in [4.78, 5) is 35.9. The van der Waals surface area contributed by atoms with Gasteiger partial charge in [-0.05, 0) is 0 Å². The van der Waals surface area contributed by atoms with Crippen molar-refractivity contribution >= 4 is 24.4 Å². The number of fused-ring (bicyclic) bond motifs is 1. The van der Waals surface area contributed by atoms with E-state index >= 15 is 0 Å². The van der Waals surface area contributed by atoms with Crippen LogP contribution in [0.15, 0.2) is 0 Å². The van der Waals surface area contributed by atoms with E-state index in [0.29, 0.717) is 24.2 Å². The van der Waals surface area contributed by atoms with Gasteiger partial charge in [0.05, 0.1) is 12.2 Å². The molecule has 0 bridgehead atoms. The summed E-state index contributed by atoms with van der Waals surface area (Å²) in [6, 6.07) is 0. The van der Waals surface area contributed by atoms with Gasteiger partial charge in [0, 0.05) is 0 Å². The van der Waals surface area contributed by atoms with E-state index in [2.05, 4.69) is 15.6 Å². The van der Waals surface area contributed by atoms with E-state index in [9.17, 15) is 14.4 Å². The summed E-state index contributed by atoms with van der Waals surface area (Å²) < 4.78 is 1.48. The quantitative estimate of drug-likeness (QED) is 0.616. The van der Waals surface area contributed by atoms with Crippen molar-refractivity contribution < 1.29 is 14.4 Å². The number of nitrogens with zero attached hydrogens (tertiary/aromatic N) is 2. The first kappa shape index (κ1) is 9.38.